The summed E-state index contributed by atoms with van der Waals surface area (Å²) in [4.78, 5) is 0. The standard InChI is InChI=1S/C8H15NO4/c10-6(8(11)4-9-5-8)3-7-12-1-2-13-7/h6-7,9-11H,1-5H2. The first-order chi connectivity index (χ1) is 6.21. The molecule has 2 saturated heterocycles. The molecule has 0 saturated carbocycles. The summed E-state index contributed by atoms with van der Waals surface area (Å²) in [6, 6.07) is 0. The zero-order valence-electron chi connectivity index (χ0n) is 7.40. The number of β-amino-alcohol motifs (C(OH)–C–C–N with tert-alkyl or cyclic N) is 1. The largest absolute Gasteiger partial charge is 0.390 e. The highest BCUT2D eigenvalue weighted by molar-refractivity contribution is 4.98. The number of hydrogen-bond acceptors (Lipinski definition) is 5. The van der Waals surface area contributed by atoms with E-state index >= 15 is 0 Å². The van der Waals surface area contributed by atoms with E-state index in [9.17, 15) is 10.2 Å². The predicted octanol–water partition coefficient (Wildman–Crippen LogP) is -1.56. The number of hydrogen-bond donors (Lipinski definition) is 3. The maximum Gasteiger partial charge on any atom is 0.160 e. The summed E-state index contributed by atoms with van der Waals surface area (Å²) in [7, 11) is 0. The molecule has 0 aromatic carbocycles. The van der Waals surface area contributed by atoms with Crippen LogP contribution in [0, 0.1) is 0 Å². The minimum Gasteiger partial charge on any atom is -0.390 e. The van der Waals surface area contributed by atoms with Gasteiger partial charge < -0.3 is 25.0 Å². The molecule has 2 rings (SSSR count). The Kier molecular flexibility index (Phi) is 2.53. The summed E-state index contributed by atoms with van der Waals surface area (Å²) in [5.41, 5.74) is -0.977. The van der Waals surface area contributed by atoms with E-state index < -0.39 is 11.7 Å². The van der Waals surface area contributed by atoms with Gasteiger partial charge in [0.15, 0.2) is 6.29 Å². The van der Waals surface area contributed by atoms with E-state index in [0.29, 0.717) is 32.7 Å². The fourth-order valence-corrected chi connectivity index (χ4v) is 1.56. The van der Waals surface area contributed by atoms with Gasteiger partial charge in [0.25, 0.3) is 0 Å². The van der Waals surface area contributed by atoms with E-state index in [1.807, 2.05) is 0 Å². The minimum atomic E-state index is -0.977. The Balaban J connectivity index is 1.79. The van der Waals surface area contributed by atoms with E-state index in [2.05, 4.69) is 5.32 Å². The Morgan fingerprint density at radius 3 is 2.46 bits per heavy atom. The van der Waals surface area contributed by atoms with Crippen molar-refractivity contribution in [1.29, 1.82) is 0 Å². The lowest BCUT2D eigenvalue weighted by atomic mass is 9.88. The second-order valence-corrected chi connectivity index (χ2v) is 3.63. The topological polar surface area (TPSA) is 71.0 Å². The smallest absolute Gasteiger partial charge is 0.160 e. The molecule has 76 valence electrons. The van der Waals surface area contributed by atoms with E-state index in [4.69, 9.17) is 9.47 Å². The maximum atomic E-state index is 9.72. The first-order valence-electron chi connectivity index (χ1n) is 4.55. The van der Waals surface area contributed by atoms with Crippen molar-refractivity contribution in [3.63, 3.8) is 0 Å². The number of ether oxygens (including phenoxy) is 2. The van der Waals surface area contributed by atoms with Crippen molar-refractivity contribution in [2.45, 2.75) is 24.4 Å². The average molecular weight is 189 g/mol. The quantitative estimate of drug-likeness (QED) is 0.501. The fraction of sp³-hybridized carbons (Fsp3) is 1.00. The van der Waals surface area contributed by atoms with Crippen LogP contribution in [0.5, 0.6) is 0 Å². The SMILES string of the molecule is OC(CC1OCCO1)C1(O)CNC1. The van der Waals surface area contributed by atoms with Crippen LogP contribution >= 0.6 is 0 Å². The number of rotatable bonds is 3. The molecule has 0 aromatic heterocycles. The summed E-state index contributed by atoms with van der Waals surface area (Å²) in [6.07, 6.45) is -0.769. The normalized spacial score (nSPS) is 30.0. The molecule has 3 N–H and O–H groups in total. The fourth-order valence-electron chi connectivity index (χ4n) is 1.56. The Labute approximate surface area is 76.6 Å². The van der Waals surface area contributed by atoms with Gasteiger partial charge >= 0.3 is 0 Å². The monoisotopic (exact) mass is 189 g/mol. The van der Waals surface area contributed by atoms with Crippen LogP contribution in [0.15, 0.2) is 0 Å². The first kappa shape index (κ1) is 9.36. The Hall–Kier alpha value is -0.200. The van der Waals surface area contributed by atoms with Crippen LogP contribution in [-0.4, -0.2) is 54.5 Å². The molecule has 1 unspecified atom stereocenters. The molecule has 2 aliphatic heterocycles. The zero-order valence-corrected chi connectivity index (χ0v) is 7.40. The highest BCUT2D eigenvalue weighted by Crippen LogP contribution is 2.22. The van der Waals surface area contributed by atoms with Crippen molar-refractivity contribution in [3.8, 4) is 0 Å². The van der Waals surface area contributed by atoms with Gasteiger partial charge in [0, 0.05) is 19.5 Å². The van der Waals surface area contributed by atoms with Gasteiger partial charge in [-0.15, -0.1) is 0 Å². The van der Waals surface area contributed by atoms with Crippen molar-refractivity contribution in [2.24, 2.45) is 0 Å². The second kappa shape index (κ2) is 3.51. The third-order valence-corrected chi connectivity index (χ3v) is 2.59. The molecule has 5 nitrogen and oxygen atoms in total. The van der Waals surface area contributed by atoms with Crippen molar-refractivity contribution >= 4 is 0 Å². The Morgan fingerprint density at radius 2 is 2.00 bits per heavy atom. The molecule has 5 heteroatoms. The maximum absolute atomic E-state index is 9.72. The van der Waals surface area contributed by atoms with Crippen LogP contribution < -0.4 is 5.32 Å². The van der Waals surface area contributed by atoms with Gasteiger partial charge in [-0.1, -0.05) is 0 Å². The van der Waals surface area contributed by atoms with Crippen LogP contribution in [0.1, 0.15) is 6.42 Å². The van der Waals surface area contributed by atoms with Crippen molar-refractivity contribution in [1.82, 2.24) is 5.32 Å². The van der Waals surface area contributed by atoms with Gasteiger partial charge in [-0.25, -0.2) is 0 Å². The molecule has 13 heavy (non-hydrogen) atoms. The van der Waals surface area contributed by atoms with Crippen LogP contribution in [0.2, 0.25) is 0 Å². The molecular formula is C8H15NO4. The molecule has 0 aliphatic carbocycles. The average Bonchev–Trinajstić information content (AvgIpc) is 2.52. The molecule has 1 atom stereocenters. The summed E-state index contributed by atoms with van der Waals surface area (Å²) >= 11 is 0. The first-order valence-corrected chi connectivity index (χ1v) is 4.55. The summed E-state index contributed by atoms with van der Waals surface area (Å²) < 4.78 is 10.3. The molecule has 0 amide bonds. The van der Waals surface area contributed by atoms with Crippen molar-refractivity contribution < 1.29 is 19.7 Å². The molecule has 0 spiro atoms. The Morgan fingerprint density at radius 1 is 1.38 bits per heavy atom. The highest BCUT2D eigenvalue weighted by atomic mass is 16.7. The molecule has 2 aliphatic rings. The van der Waals surface area contributed by atoms with E-state index in [1.54, 1.807) is 0 Å². The van der Waals surface area contributed by atoms with Gasteiger partial charge in [-0.2, -0.15) is 0 Å². The third-order valence-electron chi connectivity index (χ3n) is 2.59. The Bertz CT molecular complexity index is 177. The van der Waals surface area contributed by atoms with Crippen LogP contribution in [0.4, 0.5) is 0 Å². The van der Waals surface area contributed by atoms with Gasteiger partial charge in [0.2, 0.25) is 0 Å². The lowest BCUT2D eigenvalue weighted by Crippen LogP contribution is -2.66. The minimum absolute atomic E-state index is 0.345. The number of nitrogens with one attached hydrogen (secondary N) is 1. The lowest BCUT2D eigenvalue weighted by Gasteiger charge is -2.41. The van der Waals surface area contributed by atoms with Gasteiger partial charge in [0.1, 0.15) is 5.60 Å². The van der Waals surface area contributed by atoms with Crippen molar-refractivity contribution in [2.75, 3.05) is 26.3 Å². The van der Waals surface area contributed by atoms with Crippen molar-refractivity contribution in [3.05, 3.63) is 0 Å². The summed E-state index contributed by atoms with van der Waals surface area (Å²) in [5, 5.41) is 22.3. The number of aliphatic hydroxyl groups excluding tert-OH is 1. The van der Waals surface area contributed by atoms with Gasteiger partial charge in [-0.05, 0) is 0 Å². The van der Waals surface area contributed by atoms with Gasteiger partial charge in [0.05, 0.1) is 19.3 Å². The molecular weight excluding hydrogens is 174 g/mol. The molecule has 0 bridgehead atoms. The molecule has 2 heterocycles. The van der Waals surface area contributed by atoms with Crippen LogP contribution in [0.3, 0.4) is 0 Å². The van der Waals surface area contributed by atoms with Crippen LogP contribution in [-0.2, 0) is 9.47 Å². The second-order valence-electron chi connectivity index (χ2n) is 3.63. The summed E-state index contributed by atoms with van der Waals surface area (Å²) in [6.45, 7) is 2.05. The van der Waals surface area contributed by atoms with Gasteiger partial charge in [-0.3, -0.25) is 0 Å². The predicted molar refractivity (Wildman–Crippen MR) is 44.1 cm³/mol. The molecule has 0 aromatic rings. The van der Waals surface area contributed by atoms with E-state index in [-0.39, 0.29) is 6.29 Å². The highest BCUT2D eigenvalue weighted by Gasteiger charge is 2.43. The third kappa shape index (κ3) is 1.84. The van der Waals surface area contributed by atoms with E-state index in [0.717, 1.165) is 0 Å². The summed E-state index contributed by atoms with van der Waals surface area (Å²) in [5.74, 6) is 0. The van der Waals surface area contributed by atoms with Crippen LogP contribution in [0.25, 0.3) is 0 Å². The lowest BCUT2D eigenvalue weighted by molar-refractivity contribution is -0.146. The molecule has 2 fully saturated rings. The molecule has 0 radical (unpaired) electrons. The van der Waals surface area contributed by atoms with E-state index in [1.165, 1.54) is 0 Å². The zero-order chi connectivity index (χ0) is 9.31. The number of aliphatic hydroxyl groups is 2.